The standard InChI is InChI=1S/C19H16F2N4O3/c20-14-4-1-5-15(9-14)27-19-23-17(28-24-19)13-3-2-8-25(11-13)18(26)12-6-7-16(21)22-10-12/h1,4-7,9-10,13H,2-3,8,11H2. The first kappa shape index (κ1) is 18.0. The first-order valence-electron chi connectivity index (χ1n) is 8.76. The van der Waals surface area contributed by atoms with E-state index in [9.17, 15) is 13.6 Å². The Bertz CT molecular complexity index is 977. The van der Waals surface area contributed by atoms with Crippen molar-refractivity contribution in [1.29, 1.82) is 0 Å². The zero-order valence-corrected chi connectivity index (χ0v) is 14.7. The van der Waals surface area contributed by atoms with Crippen LogP contribution in [0.25, 0.3) is 0 Å². The summed E-state index contributed by atoms with van der Waals surface area (Å²) in [5.41, 5.74) is 0.322. The van der Waals surface area contributed by atoms with E-state index in [0.29, 0.717) is 24.5 Å². The number of hydrogen-bond donors (Lipinski definition) is 0. The molecule has 1 amide bonds. The molecule has 1 atom stereocenters. The van der Waals surface area contributed by atoms with Gasteiger partial charge in [-0.1, -0.05) is 6.07 Å². The van der Waals surface area contributed by atoms with Gasteiger partial charge in [-0.15, -0.1) is 0 Å². The summed E-state index contributed by atoms with van der Waals surface area (Å²) < 4.78 is 36.9. The van der Waals surface area contributed by atoms with E-state index in [2.05, 4.69) is 15.1 Å². The third kappa shape index (κ3) is 3.98. The molecule has 0 N–H and O–H groups in total. The minimum atomic E-state index is -0.634. The summed E-state index contributed by atoms with van der Waals surface area (Å²) in [6.07, 6.45) is 2.75. The van der Waals surface area contributed by atoms with Crippen LogP contribution in [-0.4, -0.2) is 39.0 Å². The molecule has 0 saturated carbocycles. The quantitative estimate of drug-likeness (QED) is 0.638. The molecule has 1 aliphatic heterocycles. The number of halogens is 2. The summed E-state index contributed by atoms with van der Waals surface area (Å²) in [4.78, 5) is 22.0. The van der Waals surface area contributed by atoms with Crippen LogP contribution in [-0.2, 0) is 0 Å². The van der Waals surface area contributed by atoms with Gasteiger partial charge in [0.15, 0.2) is 0 Å². The van der Waals surface area contributed by atoms with E-state index >= 15 is 0 Å². The molecule has 144 valence electrons. The van der Waals surface area contributed by atoms with Gasteiger partial charge in [-0.05, 0) is 42.3 Å². The Morgan fingerprint density at radius 3 is 2.93 bits per heavy atom. The highest BCUT2D eigenvalue weighted by Gasteiger charge is 2.29. The highest BCUT2D eigenvalue weighted by molar-refractivity contribution is 5.94. The molecule has 1 aromatic carbocycles. The van der Waals surface area contributed by atoms with Crippen LogP contribution in [0.3, 0.4) is 0 Å². The summed E-state index contributed by atoms with van der Waals surface area (Å²) in [6.45, 7) is 0.964. The summed E-state index contributed by atoms with van der Waals surface area (Å²) >= 11 is 0. The highest BCUT2D eigenvalue weighted by atomic mass is 19.1. The van der Waals surface area contributed by atoms with Crippen LogP contribution < -0.4 is 4.74 Å². The number of aromatic nitrogens is 3. The minimum Gasteiger partial charge on any atom is -0.422 e. The van der Waals surface area contributed by atoms with Crippen LogP contribution in [0, 0.1) is 11.8 Å². The van der Waals surface area contributed by atoms with E-state index < -0.39 is 11.8 Å². The summed E-state index contributed by atoms with van der Waals surface area (Å²) in [5.74, 6) is -0.836. The number of rotatable bonds is 4. The molecule has 0 bridgehead atoms. The second kappa shape index (κ2) is 7.71. The Kier molecular flexibility index (Phi) is 4.96. The number of piperidine rings is 1. The van der Waals surface area contributed by atoms with Crippen molar-refractivity contribution in [3.05, 3.63) is 65.8 Å². The molecule has 1 aliphatic rings. The van der Waals surface area contributed by atoms with Gasteiger partial charge in [0.2, 0.25) is 11.8 Å². The van der Waals surface area contributed by atoms with Crippen LogP contribution in [0.5, 0.6) is 11.8 Å². The number of carbonyl (C=O) groups excluding carboxylic acids is 1. The lowest BCUT2D eigenvalue weighted by Crippen LogP contribution is -2.39. The molecule has 0 spiro atoms. The fourth-order valence-electron chi connectivity index (χ4n) is 3.11. The van der Waals surface area contributed by atoms with Gasteiger partial charge >= 0.3 is 6.01 Å². The number of ether oxygens (including phenoxy) is 1. The van der Waals surface area contributed by atoms with Crippen LogP contribution in [0.15, 0.2) is 47.1 Å². The van der Waals surface area contributed by atoms with Gasteiger partial charge in [0.25, 0.3) is 5.91 Å². The van der Waals surface area contributed by atoms with Crippen molar-refractivity contribution in [2.75, 3.05) is 13.1 Å². The topological polar surface area (TPSA) is 81.4 Å². The minimum absolute atomic E-state index is 0.0215. The average Bonchev–Trinajstić information content (AvgIpc) is 3.17. The van der Waals surface area contributed by atoms with Crippen molar-refractivity contribution in [3.63, 3.8) is 0 Å². The number of benzene rings is 1. The number of amides is 1. The van der Waals surface area contributed by atoms with Crippen LogP contribution in [0.2, 0.25) is 0 Å². The number of hydrogen-bond acceptors (Lipinski definition) is 6. The van der Waals surface area contributed by atoms with E-state index in [-0.39, 0.29) is 23.6 Å². The predicted molar refractivity (Wildman–Crippen MR) is 92.8 cm³/mol. The van der Waals surface area contributed by atoms with Gasteiger partial charge < -0.3 is 14.2 Å². The van der Waals surface area contributed by atoms with Crippen molar-refractivity contribution in [1.82, 2.24) is 20.0 Å². The predicted octanol–water partition coefficient (Wildman–Crippen LogP) is 3.55. The summed E-state index contributed by atoms with van der Waals surface area (Å²) in [5, 5.41) is 3.77. The molecule has 28 heavy (non-hydrogen) atoms. The average molecular weight is 386 g/mol. The molecular formula is C19H16F2N4O3. The molecule has 1 saturated heterocycles. The van der Waals surface area contributed by atoms with Crippen LogP contribution >= 0.6 is 0 Å². The molecule has 9 heteroatoms. The molecule has 2 aromatic heterocycles. The van der Waals surface area contributed by atoms with Crippen molar-refractivity contribution < 1.29 is 22.8 Å². The molecule has 1 unspecified atom stereocenters. The third-order valence-corrected chi connectivity index (χ3v) is 4.46. The van der Waals surface area contributed by atoms with E-state index in [1.54, 1.807) is 11.0 Å². The molecular weight excluding hydrogens is 370 g/mol. The zero-order valence-electron chi connectivity index (χ0n) is 14.7. The Morgan fingerprint density at radius 2 is 2.14 bits per heavy atom. The van der Waals surface area contributed by atoms with Crippen molar-refractivity contribution in [2.45, 2.75) is 18.8 Å². The molecule has 0 aliphatic carbocycles. The molecule has 3 heterocycles. The summed E-state index contributed by atoms with van der Waals surface area (Å²) in [7, 11) is 0. The first-order valence-corrected chi connectivity index (χ1v) is 8.76. The van der Waals surface area contributed by atoms with Gasteiger partial charge in [-0.2, -0.15) is 9.37 Å². The van der Waals surface area contributed by atoms with Crippen molar-refractivity contribution >= 4 is 5.91 Å². The lowest BCUT2D eigenvalue weighted by atomic mass is 9.97. The smallest absolute Gasteiger partial charge is 0.359 e. The molecule has 4 rings (SSSR count). The Balaban J connectivity index is 1.44. The first-order chi connectivity index (χ1) is 13.6. The highest BCUT2D eigenvalue weighted by Crippen LogP contribution is 2.28. The number of carbonyl (C=O) groups is 1. The lowest BCUT2D eigenvalue weighted by molar-refractivity contribution is 0.0695. The zero-order chi connectivity index (χ0) is 19.5. The number of likely N-dealkylation sites (tertiary alicyclic amines) is 1. The third-order valence-electron chi connectivity index (χ3n) is 4.46. The lowest BCUT2D eigenvalue weighted by Gasteiger charge is -2.30. The van der Waals surface area contributed by atoms with E-state index in [1.807, 2.05) is 0 Å². The second-order valence-electron chi connectivity index (χ2n) is 6.43. The van der Waals surface area contributed by atoms with Crippen LogP contribution in [0.1, 0.15) is 35.0 Å². The molecule has 3 aromatic rings. The second-order valence-corrected chi connectivity index (χ2v) is 6.43. The Hall–Kier alpha value is -3.36. The van der Waals surface area contributed by atoms with Gasteiger partial charge in [0.1, 0.15) is 11.6 Å². The van der Waals surface area contributed by atoms with Gasteiger partial charge in [-0.25, -0.2) is 9.37 Å². The fourth-order valence-corrected chi connectivity index (χ4v) is 3.11. The Morgan fingerprint density at radius 1 is 1.25 bits per heavy atom. The van der Waals surface area contributed by atoms with Crippen molar-refractivity contribution in [2.24, 2.45) is 0 Å². The molecule has 0 radical (unpaired) electrons. The molecule has 1 fully saturated rings. The number of pyridine rings is 1. The van der Waals surface area contributed by atoms with E-state index in [1.165, 1.54) is 30.5 Å². The monoisotopic (exact) mass is 386 g/mol. The number of nitrogens with zero attached hydrogens (tertiary/aromatic N) is 4. The van der Waals surface area contributed by atoms with E-state index in [0.717, 1.165) is 18.9 Å². The maximum Gasteiger partial charge on any atom is 0.359 e. The maximum absolute atomic E-state index is 13.2. The van der Waals surface area contributed by atoms with Crippen LogP contribution in [0.4, 0.5) is 8.78 Å². The van der Waals surface area contributed by atoms with Crippen molar-refractivity contribution in [3.8, 4) is 11.8 Å². The fraction of sp³-hybridized carbons (Fsp3) is 0.263. The summed E-state index contributed by atoms with van der Waals surface area (Å²) in [6, 6.07) is 8.16. The molecule has 7 nitrogen and oxygen atoms in total. The van der Waals surface area contributed by atoms with Gasteiger partial charge in [0.05, 0.1) is 11.5 Å². The largest absolute Gasteiger partial charge is 0.422 e. The van der Waals surface area contributed by atoms with Gasteiger partial charge in [0, 0.05) is 25.4 Å². The van der Waals surface area contributed by atoms with Gasteiger partial charge in [-0.3, -0.25) is 4.79 Å². The SMILES string of the molecule is O=C(c1ccc(F)nc1)N1CCCC(c2nc(Oc3cccc(F)c3)no2)C1. The Labute approximate surface area is 159 Å². The van der Waals surface area contributed by atoms with E-state index in [4.69, 9.17) is 9.26 Å². The normalized spacial score (nSPS) is 16.8. The maximum atomic E-state index is 13.2.